The van der Waals surface area contributed by atoms with Gasteiger partial charge in [-0.1, -0.05) is 23.2 Å². The Balaban J connectivity index is 0.000000174. The average molecular weight is 353 g/mol. The van der Waals surface area contributed by atoms with Crippen molar-refractivity contribution in [1.82, 2.24) is 9.97 Å². The number of benzene rings is 1. The number of anilines is 1. The SMILES string of the molecule is N#Cc1ccc(Cl)c(F)c1C1CC1.O=CNc1cc(Cl)ncn1. The van der Waals surface area contributed by atoms with Crippen molar-refractivity contribution in [3.05, 3.63) is 51.6 Å². The highest BCUT2D eigenvalue weighted by molar-refractivity contribution is 6.30. The molecule has 3 rings (SSSR count). The lowest BCUT2D eigenvalue weighted by Gasteiger charge is -2.04. The van der Waals surface area contributed by atoms with E-state index >= 15 is 0 Å². The van der Waals surface area contributed by atoms with Crippen LogP contribution in [0.25, 0.3) is 0 Å². The zero-order chi connectivity index (χ0) is 16.8. The molecule has 1 aromatic heterocycles. The Morgan fingerprint density at radius 1 is 1.35 bits per heavy atom. The van der Waals surface area contributed by atoms with Gasteiger partial charge in [-0.15, -0.1) is 0 Å². The molecule has 2 aromatic rings. The Labute approximate surface area is 142 Å². The second-order valence-electron chi connectivity index (χ2n) is 4.70. The summed E-state index contributed by atoms with van der Waals surface area (Å²) in [6.07, 6.45) is 3.73. The third kappa shape index (κ3) is 4.62. The largest absolute Gasteiger partial charge is 0.313 e. The molecule has 1 amide bonds. The molecule has 0 spiro atoms. The normalized spacial score (nSPS) is 12.6. The van der Waals surface area contributed by atoms with E-state index < -0.39 is 5.82 Å². The van der Waals surface area contributed by atoms with Gasteiger partial charge in [-0.05, 0) is 30.9 Å². The number of rotatable bonds is 3. The molecule has 0 saturated heterocycles. The third-order valence-corrected chi connectivity index (χ3v) is 3.58. The van der Waals surface area contributed by atoms with Gasteiger partial charge in [0.1, 0.15) is 23.1 Å². The van der Waals surface area contributed by atoms with E-state index in [1.165, 1.54) is 18.5 Å². The number of carbonyl (C=O) groups is 1. The van der Waals surface area contributed by atoms with Crippen molar-refractivity contribution in [1.29, 1.82) is 5.26 Å². The molecule has 8 heteroatoms. The summed E-state index contributed by atoms with van der Waals surface area (Å²) >= 11 is 11.1. The van der Waals surface area contributed by atoms with Crippen molar-refractivity contribution in [2.45, 2.75) is 18.8 Å². The topological polar surface area (TPSA) is 78.7 Å². The fraction of sp³-hybridized carbons (Fsp3) is 0.200. The minimum atomic E-state index is -0.414. The van der Waals surface area contributed by atoms with Crippen molar-refractivity contribution in [2.24, 2.45) is 0 Å². The van der Waals surface area contributed by atoms with Gasteiger partial charge in [-0.2, -0.15) is 5.26 Å². The zero-order valence-corrected chi connectivity index (χ0v) is 13.3. The lowest BCUT2D eigenvalue weighted by atomic mass is 10.0. The number of halogens is 3. The quantitative estimate of drug-likeness (QED) is 0.670. The molecule has 0 bridgehead atoms. The molecular weight excluding hydrogens is 342 g/mol. The van der Waals surface area contributed by atoms with Crippen LogP contribution in [0.5, 0.6) is 0 Å². The van der Waals surface area contributed by atoms with Gasteiger partial charge in [0.25, 0.3) is 0 Å². The highest BCUT2D eigenvalue weighted by Crippen LogP contribution is 2.44. The van der Waals surface area contributed by atoms with Crippen LogP contribution < -0.4 is 5.32 Å². The second kappa shape index (κ2) is 7.86. The number of aromatic nitrogens is 2. The highest BCUT2D eigenvalue weighted by Gasteiger charge is 2.30. The first-order chi connectivity index (χ1) is 11.1. The van der Waals surface area contributed by atoms with Crippen LogP contribution in [-0.2, 0) is 4.79 Å². The van der Waals surface area contributed by atoms with Crippen molar-refractivity contribution < 1.29 is 9.18 Å². The molecule has 1 fully saturated rings. The Morgan fingerprint density at radius 2 is 2.09 bits per heavy atom. The van der Waals surface area contributed by atoms with Gasteiger partial charge in [0.2, 0.25) is 6.41 Å². The monoisotopic (exact) mass is 352 g/mol. The van der Waals surface area contributed by atoms with Gasteiger partial charge in [-0.25, -0.2) is 14.4 Å². The molecular formula is C15H11Cl2FN4O. The number of hydrogen-bond acceptors (Lipinski definition) is 4. The summed E-state index contributed by atoms with van der Waals surface area (Å²) in [5.74, 6) is 0.201. The van der Waals surface area contributed by atoms with Crippen LogP contribution in [0, 0.1) is 17.1 Å². The van der Waals surface area contributed by atoms with Crippen LogP contribution in [0.2, 0.25) is 10.2 Å². The van der Waals surface area contributed by atoms with E-state index in [1.54, 1.807) is 6.07 Å². The number of nitrogens with zero attached hydrogens (tertiary/aromatic N) is 3. The Bertz CT molecular complexity index is 760. The van der Waals surface area contributed by atoms with Crippen molar-refractivity contribution in [3.63, 3.8) is 0 Å². The molecule has 0 aliphatic heterocycles. The summed E-state index contributed by atoms with van der Waals surface area (Å²) in [6.45, 7) is 0. The van der Waals surface area contributed by atoms with Crippen molar-refractivity contribution >= 4 is 35.4 Å². The first kappa shape index (κ1) is 17.1. The third-order valence-electron chi connectivity index (χ3n) is 3.08. The van der Waals surface area contributed by atoms with E-state index in [0.29, 0.717) is 28.5 Å². The van der Waals surface area contributed by atoms with Crippen molar-refractivity contribution in [3.8, 4) is 6.07 Å². The molecule has 1 aliphatic carbocycles. The maximum Gasteiger partial charge on any atom is 0.212 e. The fourth-order valence-corrected chi connectivity index (χ4v) is 2.22. The smallest absolute Gasteiger partial charge is 0.212 e. The summed E-state index contributed by atoms with van der Waals surface area (Å²) in [6, 6.07) is 6.45. The lowest BCUT2D eigenvalue weighted by Crippen LogP contribution is -1.96. The first-order valence-corrected chi connectivity index (χ1v) is 7.38. The van der Waals surface area contributed by atoms with Crippen LogP contribution in [0.4, 0.5) is 10.2 Å². The Hall–Kier alpha value is -2.23. The number of hydrogen-bond donors (Lipinski definition) is 1. The maximum atomic E-state index is 13.5. The molecule has 5 nitrogen and oxygen atoms in total. The summed E-state index contributed by atoms with van der Waals surface area (Å²) in [4.78, 5) is 17.2. The van der Waals surface area contributed by atoms with Crippen molar-refractivity contribution in [2.75, 3.05) is 5.32 Å². The van der Waals surface area contributed by atoms with Gasteiger partial charge < -0.3 is 5.32 Å². The van der Waals surface area contributed by atoms with Gasteiger partial charge in [0.05, 0.1) is 16.7 Å². The predicted molar refractivity (Wildman–Crippen MR) is 84.8 cm³/mol. The van der Waals surface area contributed by atoms with Gasteiger partial charge in [-0.3, -0.25) is 4.79 Å². The van der Waals surface area contributed by atoms with Crippen LogP contribution in [-0.4, -0.2) is 16.4 Å². The standard InChI is InChI=1S/C10H7ClFN.C5H4ClN3O/c11-8-4-3-7(5-13)9(10(8)12)6-1-2-6;6-4-1-5(9-3-10)8-2-7-4/h3-4,6H,1-2H2;1-3H,(H,7,8,9,10). The predicted octanol–water partition coefficient (Wildman–Crippen LogP) is 3.93. The molecule has 1 aromatic carbocycles. The van der Waals surface area contributed by atoms with Gasteiger partial charge >= 0.3 is 0 Å². The number of nitriles is 1. The molecule has 1 heterocycles. The summed E-state index contributed by atoms with van der Waals surface area (Å²) in [7, 11) is 0. The van der Waals surface area contributed by atoms with E-state index in [9.17, 15) is 9.18 Å². The number of carbonyl (C=O) groups excluding carboxylic acids is 1. The Morgan fingerprint density at radius 3 is 2.65 bits per heavy atom. The first-order valence-electron chi connectivity index (χ1n) is 6.62. The second-order valence-corrected chi connectivity index (χ2v) is 5.49. The van der Waals surface area contributed by atoms with E-state index in [1.807, 2.05) is 6.07 Å². The molecule has 1 aliphatic rings. The summed E-state index contributed by atoms with van der Waals surface area (Å²) in [5.41, 5.74) is 0.930. The van der Waals surface area contributed by atoms with E-state index in [0.717, 1.165) is 12.8 Å². The minimum absolute atomic E-state index is 0.112. The Kier molecular flexibility index (Phi) is 5.85. The molecule has 0 unspecified atom stereocenters. The van der Waals surface area contributed by atoms with Crippen LogP contribution >= 0.6 is 23.2 Å². The van der Waals surface area contributed by atoms with E-state index in [2.05, 4.69) is 15.3 Å². The molecule has 0 radical (unpaired) electrons. The average Bonchev–Trinajstić information content (AvgIpc) is 3.35. The van der Waals surface area contributed by atoms with Crippen LogP contribution in [0.1, 0.15) is 29.9 Å². The molecule has 0 atom stereocenters. The molecule has 23 heavy (non-hydrogen) atoms. The minimum Gasteiger partial charge on any atom is -0.313 e. The molecule has 118 valence electrons. The fourth-order valence-electron chi connectivity index (χ4n) is 1.91. The molecule has 1 saturated carbocycles. The van der Waals surface area contributed by atoms with Crippen LogP contribution in [0.3, 0.4) is 0 Å². The summed E-state index contributed by atoms with van der Waals surface area (Å²) < 4.78 is 13.5. The van der Waals surface area contributed by atoms with Gasteiger partial charge in [0.15, 0.2) is 0 Å². The number of nitrogens with one attached hydrogen (secondary N) is 1. The number of amides is 1. The molecule has 1 N–H and O–H groups in total. The highest BCUT2D eigenvalue weighted by atomic mass is 35.5. The van der Waals surface area contributed by atoms with E-state index in [-0.39, 0.29) is 10.9 Å². The zero-order valence-electron chi connectivity index (χ0n) is 11.8. The van der Waals surface area contributed by atoms with E-state index in [4.69, 9.17) is 28.5 Å². The maximum absolute atomic E-state index is 13.5. The van der Waals surface area contributed by atoms with Crippen LogP contribution in [0.15, 0.2) is 24.5 Å². The van der Waals surface area contributed by atoms with Gasteiger partial charge in [0, 0.05) is 11.6 Å². The summed E-state index contributed by atoms with van der Waals surface area (Å²) in [5, 5.41) is 11.5. The lowest BCUT2D eigenvalue weighted by molar-refractivity contribution is -0.105.